The molecule has 0 aromatic heterocycles. The Kier molecular flexibility index (Phi) is 5.81. The smallest absolute Gasteiger partial charge is 0.105 e. The summed E-state index contributed by atoms with van der Waals surface area (Å²) in [7, 11) is 0. The molecule has 0 saturated heterocycles. The summed E-state index contributed by atoms with van der Waals surface area (Å²) in [4.78, 5) is 0. The summed E-state index contributed by atoms with van der Waals surface area (Å²) < 4.78 is 5.43. The molecular weight excluding hydrogens is 150 g/mol. The summed E-state index contributed by atoms with van der Waals surface area (Å²) in [6.45, 7) is 10.7. The molecule has 0 radical (unpaired) electrons. The van der Waals surface area contributed by atoms with Crippen molar-refractivity contribution < 1.29 is 4.74 Å². The fourth-order valence-corrected chi connectivity index (χ4v) is 0.881. The number of rotatable bonds is 6. The Morgan fingerprint density at radius 3 is 2.25 bits per heavy atom. The molecule has 0 fully saturated rings. The van der Waals surface area contributed by atoms with Gasteiger partial charge in [0.05, 0.1) is 12.6 Å². The lowest BCUT2D eigenvalue weighted by molar-refractivity contribution is 0.150. The Bertz CT molecular complexity index is 128. The lowest BCUT2D eigenvalue weighted by atomic mass is 10.1. The van der Waals surface area contributed by atoms with Crippen molar-refractivity contribution in [2.75, 3.05) is 6.61 Å². The first kappa shape index (κ1) is 11.5. The highest BCUT2D eigenvalue weighted by Gasteiger charge is 2.06. The quantitative estimate of drug-likeness (QED) is 0.622. The third-order valence-corrected chi connectivity index (χ3v) is 2.17. The minimum Gasteiger partial charge on any atom is -0.497 e. The van der Waals surface area contributed by atoms with Gasteiger partial charge in [-0.1, -0.05) is 33.3 Å². The van der Waals surface area contributed by atoms with Crippen LogP contribution in [0.4, 0.5) is 0 Å². The molecule has 0 aliphatic carbocycles. The lowest BCUT2D eigenvalue weighted by Gasteiger charge is -2.16. The molecule has 1 atom stereocenters. The average molecular weight is 171 g/mol. The van der Waals surface area contributed by atoms with Crippen molar-refractivity contribution in [3.05, 3.63) is 12.3 Å². The fourth-order valence-electron chi connectivity index (χ4n) is 0.881. The number of hydrogen-bond acceptors (Lipinski definition) is 2. The zero-order valence-electron chi connectivity index (χ0n) is 8.47. The highest BCUT2D eigenvalue weighted by atomic mass is 16.5. The van der Waals surface area contributed by atoms with Gasteiger partial charge in [0, 0.05) is 0 Å². The maximum atomic E-state index is 5.58. The van der Waals surface area contributed by atoms with Gasteiger partial charge in [0.15, 0.2) is 0 Å². The summed E-state index contributed by atoms with van der Waals surface area (Å²) in [5, 5.41) is 0. The monoisotopic (exact) mass is 171 g/mol. The van der Waals surface area contributed by atoms with Gasteiger partial charge < -0.3 is 10.5 Å². The molecule has 0 aliphatic rings. The van der Waals surface area contributed by atoms with Gasteiger partial charge in [0.25, 0.3) is 0 Å². The van der Waals surface area contributed by atoms with Crippen LogP contribution in [0.25, 0.3) is 0 Å². The Labute approximate surface area is 75.8 Å². The zero-order chi connectivity index (χ0) is 9.56. The van der Waals surface area contributed by atoms with Gasteiger partial charge in [-0.3, -0.25) is 0 Å². The first-order chi connectivity index (χ1) is 5.61. The summed E-state index contributed by atoms with van der Waals surface area (Å²) in [5.74, 6) is 1.34. The molecule has 12 heavy (non-hydrogen) atoms. The molecule has 0 bridgehead atoms. The van der Waals surface area contributed by atoms with Crippen molar-refractivity contribution in [2.45, 2.75) is 39.7 Å². The van der Waals surface area contributed by atoms with E-state index in [9.17, 15) is 0 Å². The molecule has 0 saturated carbocycles. The molecule has 2 heteroatoms. The normalized spacial score (nSPS) is 13.1. The minimum absolute atomic E-state index is 0.0561. The molecule has 0 aromatic carbocycles. The molecule has 0 aliphatic heterocycles. The summed E-state index contributed by atoms with van der Waals surface area (Å²) >= 11 is 0. The molecule has 0 rings (SSSR count). The first-order valence-corrected chi connectivity index (χ1v) is 4.68. The number of ether oxygens (including phenoxy) is 1. The fraction of sp³-hybridized carbons (Fsp3) is 0.800. The van der Waals surface area contributed by atoms with E-state index in [4.69, 9.17) is 10.5 Å². The Balaban J connectivity index is 3.59. The van der Waals surface area contributed by atoms with Gasteiger partial charge in [-0.25, -0.2) is 0 Å². The standard InChI is InChI=1S/C10H21NO/c1-5-10(6-2)7-12-9(4)8(3)11/h8,10H,4-7,11H2,1-3H3/t8-/m0/s1. The number of nitrogens with two attached hydrogens (primary N) is 1. The van der Waals surface area contributed by atoms with Crippen LogP contribution in [0.3, 0.4) is 0 Å². The number of hydrogen-bond donors (Lipinski definition) is 1. The molecule has 0 unspecified atom stereocenters. The SMILES string of the molecule is C=C(OCC(CC)CC)[C@H](C)N. The Hall–Kier alpha value is -0.500. The van der Waals surface area contributed by atoms with Crippen LogP contribution in [-0.4, -0.2) is 12.6 Å². The first-order valence-electron chi connectivity index (χ1n) is 4.68. The maximum absolute atomic E-state index is 5.58. The second-order valence-electron chi connectivity index (χ2n) is 3.25. The Morgan fingerprint density at radius 1 is 1.42 bits per heavy atom. The molecule has 2 N–H and O–H groups in total. The molecule has 0 amide bonds. The second-order valence-corrected chi connectivity index (χ2v) is 3.25. The molecule has 0 spiro atoms. The molecule has 72 valence electrons. The summed E-state index contributed by atoms with van der Waals surface area (Å²) in [6.07, 6.45) is 2.31. The average Bonchev–Trinajstić information content (AvgIpc) is 2.05. The highest BCUT2D eigenvalue weighted by Crippen LogP contribution is 2.10. The maximum Gasteiger partial charge on any atom is 0.105 e. The van der Waals surface area contributed by atoms with Crippen molar-refractivity contribution in [3.8, 4) is 0 Å². The van der Waals surface area contributed by atoms with Gasteiger partial charge in [0.2, 0.25) is 0 Å². The van der Waals surface area contributed by atoms with Crippen LogP contribution in [-0.2, 0) is 4.74 Å². The van der Waals surface area contributed by atoms with Crippen LogP contribution in [0, 0.1) is 5.92 Å². The van der Waals surface area contributed by atoms with E-state index >= 15 is 0 Å². The second kappa shape index (κ2) is 6.06. The van der Waals surface area contributed by atoms with Crippen LogP contribution >= 0.6 is 0 Å². The van der Waals surface area contributed by atoms with Gasteiger partial charge >= 0.3 is 0 Å². The van der Waals surface area contributed by atoms with Gasteiger partial charge in [0.1, 0.15) is 5.76 Å². The summed E-state index contributed by atoms with van der Waals surface area (Å²) in [5.41, 5.74) is 5.58. The van der Waals surface area contributed by atoms with E-state index in [2.05, 4.69) is 20.4 Å². The lowest BCUT2D eigenvalue weighted by Crippen LogP contribution is -2.21. The third kappa shape index (κ3) is 4.39. The molecular formula is C10H21NO. The van der Waals surface area contributed by atoms with E-state index in [1.165, 1.54) is 0 Å². The van der Waals surface area contributed by atoms with E-state index in [0.717, 1.165) is 19.4 Å². The van der Waals surface area contributed by atoms with Crippen LogP contribution in [0.5, 0.6) is 0 Å². The van der Waals surface area contributed by atoms with Gasteiger partial charge in [-0.2, -0.15) is 0 Å². The van der Waals surface area contributed by atoms with E-state index in [-0.39, 0.29) is 6.04 Å². The van der Waals surface area contributed by atoms with Crippen LogP contribution in [0.15, 0.2) is 12.3 Å². The predicted octanol–water partition coefficient (Wildman–Crippen LogP) is 2.30. The van der Waals surface area contributed by atoms with Crippen molar-refractivity contribution in [2.24, 2.45) is 11.7 Å². The van der Waals surface area contributed by atoms with Crippen molar-refractivity contribution in [1.29, 1.82) is 0 Å². The molecule has 2 nitrogen and oxygen atoms in total. The van der Waals surface area contributed by atoms with Gasteiger partial charge in [-0.15, -0.1) is 0 Å². The van der Waals surface area contributed by atoms with Crippen LogP contribution in [0.1, 0.15) is 33.6 Å². The largest absolute Gasteiger partial charge is 0.497 e. The highest BCUT2D eigenvalue weighted by molar-refractivity contribution is 4.91. The van der Waals surface area contributed by atoms with Crippen LogP contribution < -0.4 is 5.73 Å². The van der Waals surface area contributed by atoms with E-state index < -0.39 is 0 Å². The minimum atomic E-state index is -0.0561. The van der Waals surface area contributed by atoms with E-state index in [1.54, 1.807) is 0 Å². The zero-order valence-corrected chi connectivity index (χ0v) is 8.47. The third-order valence-electron chi connectivity index (χ3n) is 2.17. The molecule has 0 aromatic rings. The van der Waals surface area contributed by atoms with Crippen molar-refractivity contribution in [3.63, 3.8) is 0 Å². The van der Waals surface area contributed by atoms with Crippen LogP contribution in [0.2, 0.25) is 0 Å². The Morgan fingerprint density at radius 2 is 1.92 bits per heavy atom. The van der Waals surface area contributed by atoms with Gasteiger partial charge in [-0.05, 0) is 12.8 Å². The molecule has 0 heterocycles. The van der Waals surface area contributed by atoms with Crippen molar-refractivity contribution in [1.82, 2.24) is 0 Å². The predicted molar refractivity (Wildman–Crippen MR) is 52.8 cm³/mol. The topological polar surface area (TPSA) is 35.2 Å². The van der Waals surface area contributed by atoms with E-state index in [1.807, 2.05) is 6.92 Å². The van der Waals surface area contributed by atoms with Crippen molar-refractivity contribution >= 4 is 0 Å². The summed E-state index contributed by atoms with van der Waals surface area (Å²) in [6, 6.07) is -0.0561. The van der Waals surface area contributed by atoms with E-state index in [0.29, 0.717) is 11.7 Å².